The number of carbonyl (C=O) groups excluding carboxylic acids is 2. The van der Waals surface area contributed by atoms with Crippen molar-refractivity contribution in [2.75, 3.05) is 6.61 Å². The summed E-state index contributed by atoms with van der Waals surface area (Å²) in [5.74, 6) is -0.691. The van der Waals surface area contributed by atoms with E-state index in [1.165, 1.54) is 0 Å². The lowest BCUT2D eigenvalue weighted by Gasteiger charge is -2.08. The van der Waals surface area contributed by atoms with Crippen LogP contribution in [-0.2, 0) is 4.74 Å². The summed E-state index contributed by atoms with van der Waals surface area (Å²) in [4.78, 5) is 36.3. The molecule has 26 heavy (non-hydrogen) atoms. The van der Waals surface area contributed by atoms with Gasteiger partial charge in [-0.3, -0.25) is 9.59 Å². The van der Waals surface area contributed by atoms with Crippen LogP contribution in [0, 0.1) is 0 Å². The molecule has 1 aromatic heterocycles. The topological polar surface area (TPSA) is 89.1 Å². The monoisotopic (exact) mass is 350 g/mol. The van der Waals surface area contributed by atoms with E-state index in [9.17, 15) is 14.4 Å². The zero-order chi connectivity index (χ0) is 18.7. The number of ether oxygens (including phenoxy) is 1. The first-order valence-electron chi connectivity index (χ1n) is 8.25. The number of H-pyrrole nitrogens is 1. The Bertz CT molecular complexity index is 1020. The van der Waals surface area contributed by atoms with Crippen LogP contribution in [0.1, 0.15) is 46.2 Å². The van der Waals surface area contributed by atoms with Crippen molar-refractivity contribution in [3.05, 3.63) is 75.7 Å². The van der Waals surface area contributed by atoms with Crippen molar-refractivity contribution in [1.29, 1.82) is 0 Å². The third kappa shape index (κ3) is 3.54. The second-order valence-electron chi connectivity index (χ2n) is 6.22. The molecule has 0 amide bonds. The van der Waals surface area contributed by atoms with Crippen molar-refractivity contribution in [2.45, 2.75) is 19.8 Å². The molecule has 6 nitrogen and oxygen atoms in total. The van der Waals surface area contributed by atoms with Gasteiger partial charge < -0.3 is 4.74 Å². The molecule has 132 valence electrons. The second-order valence-corrected chi connectivity index (χ2v) is 6.22. The van der Waals surface area contributed by atoms with Gasteiger partial charge >= 0.3 is 5.97 Å². The largest absolute Gasteiger partial charge is 0.452 e. The normalized spacial score (nSPS) is 10.9. The number of nitrogens with zero attached hydrogens (tertiary/aromatic N) is 1. The van der Waals surface area contributed by atoms with E-state index in [0.29, 0.717) is 22.3 Å². The van der Waals surface area contributed by atoms with E-state index in [1.807, 2.05) is 12.1 Å². The summed E-state index contributed by atoms with van der Waals surface area (Å²) < 4.78 is 5.10. The van der Waals surface area contributed by atoms with Crippen LogP contribution in [0.4, 0.5) is 0 Å². The highest BCUT2D eigenvalue weighted by molar-refractivity contribution is 6.04. The van der Waals surface area contributed by atoms with Gasteiger partial charge in [0.2, 0.25) is 0 Å². The minimum Gasteiger partial charge on any atom is -0.452 e. The summed E-state index contributed by atoms with van der Waals surface area (Å²) >= 11 is 0. The van der Waals surface area contributed by atoms with E-state index in [4.69, 9.17) is 4.74 Å². The van der Waals surface area contributed by atoms with E-state index in [0.717, 1.165) is 5.56 Å². The van der Waals surface area contributed by atoms with E-state index in [1.54, 1.807) is 36.4 Å². The molecule has 0 radical (unpaired) electrons. The molecule has 1 heterocycles. The Morgan fingerprint density at radius 2 is 1.69 bits per heavy atom. The van der Waals surface area contributed by atoms with Crippen LogP contribution in [0.5, 0.6) is 0 Å². The van der Waals surface area contributed by atoms with Crippen molar-refractivity contribution in [2.24, 2.45) is 0 Å². The van der Waals surface area contributed by atoms with Gasteiger partial charge in [-0.05, 0) is 17.5 Å². The maximum Gasteiger partial charge on any atom is 0.359 e. The number of carbonyl (C=O) groups is 2. The highest BCUT2D eigenvalue weighted by atomic mass is 16.5. The average Bonchev–Trinajstić information content (AvgIpc) is 2.66. The molecule has 0 saturated carbocycles. The summed E-state index contributed by atoms with van der Waals surface area (Å²) in [6, 6.07) is 13.8. The molecule has 6 heteroatoms. The summed E-state index contributed by atoms with van der Waals surface area (Å²) in [6.45, 7) is 3.75. The average molecular weight is 350 g/mol. The van der Waals surface area contributed by atoms with E-state index in [-0.39, 0.29) is 11.5 Å². The molecule has 0 aliphatic heterocycles. The zero-order valence-corrected chi connectivity index (χ0v) is 14.5. The van der Waals surface area contributed by atoms with Crippen molar-refractivity contribution in [1.82, 2.24) is 10.2 Å². The van der Waals surface area contributed by atoms with Gasteiger partial charge in [0.15, 0.2) is 18.1 Å². The van der Waals surface area contributed by atoms with Gasteiger partial charge in [0.1, 0.15) is 0 Å². The minimum atomic E-state index is -0.760. The maximum atomic E-state index is 12.3. The fourth-order valence-corrected chi connectivity index (χ4v) is 2.61. The molecular formula is C20H18N2O4. The fraction of sp³-hybridized carbons (Fsp3) is 0.200. The number of rotatable bonds is 5. The first-order valence-corrected chi connectivity index (χ1v) is 8.25. The van der Waals surface area contributed by atoms with E-state index < -0.39 is 18.1 Å². The summed E-state index contributed by atoms with van der Waals surface area (Å²) in [7, 11) is 0. The van der Waals surface area contributed by atoms with Gasteiger partial charge in [0.05, 0.1) is 5.39 Å². The number of Topliss-reactive ketones (excluding diaryl/α,β-unsaturated/α-hetero) is 1. The van der Waals surface area contributed by atoms with Crippen molar-refractivity contribution < 1.29 is 14.3 Å². The lowest BCUT2D eigenvalue weighted by atomic mass is 10.0. The number of aromatic amines is 1. The smallest absolute Gasteiger partial charge is 0.359 e. The predicted octanol–water partition coefficient (Wildman–Crippen LogP) is 3.09. The Morgan fingerprint density at radius 3 is 2.35 bits per heavy atom. The number of nitrogens with one attached hydrogen (secondary N) is 1. The zero-order valence-electron chi connectivity index (χ0n) is 14.5. The number of esters is 1. The Hall–Kier alpha value is -3.28. The second kappa shape index (κ2) is 7.31. The summed E-state index contributed by atoms with van der Waals surface area (Å²) in [5.41, 5.74) is 1.19. The highest BCUT2D eigenvalue weighted by Gasteiger charge is 2.17. The van der Waals surface area contributed by atoms with Crippen LogP contribution in [0.25, 0.3) is 10.8 Å². The van der Waals surface area contributed by atoms with Gasteiger partial charge in [0.25, 0.3) is 5.56 Å². The molecule has 0 saturated heterocycles. The van der Waals surface area contributed by atoms with Gasteiger partial charge in [0, 0.05) is 10.9 Å². The summed E-state index contributed by atoms with van der Waals surface area (Å²) in [6.07, 6.45) is 0. The molecule has 3 aromatic rings. The Labute approximate surface area is 149 Å². The molecule has 2 aromatic carbocycles. The van der Waals surface area contributed by atoms with Crippen molar-refractivity contribution >= 4 is 22.5 Å². The quantitative estimate of drug-likeness (QED) is 0.564. The molecule has 0 atom stereocenters. The van der Waals surface area contributed by atoms with Crippen LogP contribution in [0.3, 0.4) is 0 Å². The molecule has 0 fully saturated rings. The van der Waals surface area contributed by atoms with Crippen molar-refractivity contribution in [3.8, 4) is 0 Å². The lowest BCUT2D eigenvalue weighted by Crippen LogP contribution is -2.19. The Balaban J connectivity index is 1.74. The molecule has 0 unspecified atom stereocenters. The number of fused-ring (bicyclic) bond motifs is 1. The van der Waals surface area contributed by atoms with Crippen molar-refractivity contribution in [3.63, 3.8) is 0 Å². The van der Waals surface area contributed by atoms with Crippen LogP contribution in [0.2, 0.25) is 0 Å². The third-order valence-electron chi connectivity index (χ3n) is 4.12. The molecule has 0 spiro atoms. The van der Waals surface area contributed by atoms with Crippen LogP contribution in [0.15, 0.2) is 53.3 Å². The number of aromatic nitrogens is 2. The third-order valence-corrected chi connectivity index (χ3v) is 4.12. The molecule has 0 bridgehead atoms. The SMILES string of the molecule is CC(C)c1ccc(C(=O)COC(=O)c2n[nH]c(=O)c3ccccc23)cc1. The predicted molar refractivity (Wildman–Crippen MR) is 97.5 cm³/mol. The van der Waals surface area contributed by atoms with Gasteiger partial charge in [-0.1, -0.05) is 56.3 Å². The maximum absolute atomic E-state index is 12.3. The number of ketones is 1. The molecule has 0 aliphatic rings. The van der Waals surface area contributed by atoms with E-state index in [2.05, 4.69) is 24.0 Å². The van der Waals surface area contributed by atoms with Crippen LogP contribution < -0.4 is 5.56 Å². The minimum absolute atomic E-state index is 0.0249. The summed E-state index contributed by atoms with van der Waals surface area (Å²) in [5, 5.41) is 6.76. The van der Waals surface area contributed by atoms with E-state index >= 15 is 0 Å². The highest BCUT2D eigenvalue weighted by Crippen LogP contribution is 2.16. The molecule has 3 rings (SSSR count). The van der Waals surface area contributed by atoms with Gasteiger partial charge in [-0.15, -0.1) is 0 Å². The van der Waals surface area contributed by atoms with Crippen LogP contribution in [-0.4, -0.2) is 28.6 Å². The Kier molecular flexibility index (Phi) is 4.93. The van der Waals surface area contributed by atoms with Crippen LogP contribution >= 0.6 is 0 Å². The van der Waals surface area contributed by atoms with Gasteiger partial charge in [-0.2, -0.15) is 5.10 Å². The lowest BCUT2D eigenvalue weighted by molar-refractivity contribution is 0.0470. The number of hydrogen-bond acceptors (Lipinski definition) is 5. The standard InChI is InChI=1S/C20H18N2O4/c1-12(2)13-7-9-14(10-8-13)17(23)11-26-20(25)18-15-5-3-4-6-16(15)19(24)22-21-18/h3-10,12H,11H2,1-2H3,(H,22,24). The first-order chi connectivity index (χ1) is 12.5. The molecule has 1 N–H and O–H groups in total. The Morgan fingerprint density at radius 1 is 1.04 bits per heavy atom. The first kappa shape index (κ1) is 17.5. The molecular weight excluding hydrogens is 332 g/mol. The molecule has 0 aliphatic carbocycles. The van der Waals surface area contributed by atoms with Gasteiger partial charge in [-0.25, -0.2) is 9.89 Å². The number of hydrogen-bond donors (Lipinski definition) is 1. The number of benzene rings is 2. The fourth-order valence-electron chi connectivity index (χ4n) is 2.61.